The van der Waals surface area contributed by atoms with Crippen LogP contribution in [0.15, 0.2) is 48.5 Å². The molecule has 360 valence electrons. The lowest BCUT2D eigenvalue weighted by Gasteiger charge is -2.30. The highest BCUT2D eigenvalue weighted by Crippen LogP contribution is 2.44. The molecule has 0 saturated carbocycles. The third-order valence-corrected chi connectivity index (χ3v) is 15.8. The first-order valence-corrected chi connectivity index (χ1v) is 27.2. The van der Waals surface area contributed by atoms with Gasteiger partial charge in [0, 0.05) is 61.8 Å². The van der Waals surface area contributed by atoms with Gasteiger partial charge in [0.05, 0.1) is 13.2 Å². The summed E-state index contributed by atoms with van der Waals surface area (Å²) in [4.78, 5) is 5.34. The molecule has 66 heavy (non-hydrogen) atoms. The Labute approximate surface area is 408 Å². The molecule has 0 unspecified atom stereocenters. The van der Waals surface area contributed by atoms with Gasteiger partial charge >= 0.3 is 0 Å². The Hall–Kier alpha value is -3.30. The molecule has 6 nitrogen and oxygen atoms in total. The maximum absolute atomic E-state index is 12.7. The van der Waals surface area contributed by atoms with Gasteiger partial charge in [-0.15, -0.1) is 0 Å². The second-order valence-corrected chi connectivity index (χ2v) is 26.0. The lowest BCUT2D eigenvalue weighted by atomic mass is 9.79. The van der Waals surface area contributed by atoms with Crippen LogP contribution in [0.1, 0.15) is 163 Å². The molecule has 4 aromatic carbocycles. The summed E-state index contributed by atoms with van der Waals surface area (Å²) < 4.78 is 14.1. The van der Waals surface area contributed by atoms with E-state index in [-0.39, 0.29) is 21.7 Å². The summed E-state index contributed by atoms with van der Waals surface area (Å²) in [6.45, 7) is 35.3. The standard InChI is InChI=1S/C58H82N2O4S2/c1-55(2,3)47-31-39-27-43-35-49(57(7,8)9)37-45-29-41-33-48(56(4,5)6)34-42(52(41)62)30-46-38-50(58(10,11)12)36-44(28-40(32-47)51(39)61)54(46)64-22-26-66-24-20-60-17-13-15-59(16-14-18-60)19-23-65-25-21-63-53(43)45/h31-38,61-62H,13-30H2,1-12H3. The van der Waals surface area contributed by atoms with Crippen LogP contribution in [0.2, 0.25) is 0 Å². The molecule has 8 heteroatoms. The minimum Gasteiger partial charge on any atom is -0.507 e. The van der Waals surface area contributed by atoms with Crippen LogP contribution >= 0.6 is 23.5 Å². The fraction of sp³-hybridized carbons (Fsp3) is 0.586. The van der Waals surface area contributed by atoms with E-state index in [0.717, 1.165) is 118 Å². The summed E-state index contributed by atoms with van der Waals surface area (Å²) in [6, 6.07) is 18.3. The summed E-state index contributed by atoms with van der Waals surface area (Å²) in [5.41, 5.74) is 12.1. The van der Waals surface area contributed by atoms with Crippen molar-refractivity contribution in [1.82, 2.24) is 9.80 Å². The molecule has 0 aromatic heterocycles. The molecule has 0 atom stereocenters. The van der Waals surface area contributed by atoms with E-state index in [2.05, 4.69) is 141 Å². The number of aromatic hydroxyl groups is 2. The van der Waals surface area contributed by atoms with Crippen molar-refractivity contribution in [2.24, 2.45) is 0 Å². The zero-order valence-electron chi connectivity index (χ0n) is 42.8. The molecular weight excluding hydrogens is 853 g/mol. The van der Waals surface area contributed by atoms with E-state index in [0.29, 0.717) is 50.4 Å². The number of phenols is 2. The summed E-state index contributed by atoms with van der Waals surface area (Å²) in [5, 5.41) is 25.3. The van der Waals surface area contributed by atoms with E-state index in [1.54, 1.807) is 0 Å². The topological polar surface area (TPSA) is 65.4 Å². The van der Waals surface area contributed by atoms with Crippen molar-refractivity contribution in [3.05, 3.63) is 115 Å². The number of thioether (sulfide) groups is 2. The van der Waals surface area contributed by atoms with E-state index in [9.17, 15) is 10.2 Å². The Kier molecular flexibility index (Phi) is 15.9. The Morgan fingerprint density at radius 3 is 0.894 bits per heavy atom. The van der Waals surface area contributed by atoms with Gasteiger partial charge in [-0.1, -0.05) is 132 Å². The summed E-state index contributed by atoms with van der Waals surface area (Å²) in [6.07, 6.45) is 4.50. The highest BCUT2D eigenvalue weighted by Gasteiger charge is 2.29. The predicted molar refractivity (Wildman–Crippen MR) is 283 cm³/mol. The zero-order valence-corrected chi connectivity index (χ0v) is 44.4. The van der Waals surface area contributed by atoms with Crippen molar-refractivity contribution < 1.29 is 19.7 Å². The zero-order chi connectivity index (χ0) is 47.6. The Balaban J connectivity index is 1.48. The minimum absolute atomic E-state index is 0.148. The predicted octanol–water partition coefficient (Wildman–Crippen LogP) is 12.6. The number of phenolic OH excluding ortho intramolecular Hbond substituents is 2. The van der Waals surface area contributed by atoms with Gasteiger partial charge in [-0.3, -0.25) is 0 Å². The molecule has 5 aliphatic heterocycles. The highest BCUT2D eigenvalue weighted by molar-refractivity contribution is 7.99. The number of ether oxygens (including phenoxy) is 2. The number of nitrogens with zero attached hydrogens (tertiary/aromatic N) is 2. The molecule has 1 fully saturated rings. The van der Waals surface area contributed by atoms with Crippen molar-refractivity contribution >= 4 is 23.5 Å². The fourth-order valence-electron chi connectivity index (χ4n) is 9.72. The highest BCUT2D eigenvalue weighted by atomic mass is 32.2. The van der Waals surface area contributed by atoms with Crippen LogP contribution in [0.3, 0.4) is 0 Å². The van der Waals surface area contributed by atoms with Crippen molar-refractivity contribution in [3.8, 4) is 23.0 Å². The van der Waals surface area contributed by atoms with Crippen LogP contribution in [0.5, 0.6) is 23.0 Å². The number of rotatable bonds is 0. The summed E-state index contributed by atoms with van der Waals surface area (Å²) in [5.74, 6) is 6.40. The Morgan fingerprint density at radius 1 is 0.379 bits per heavy atom. The number of benzene rings is 4. The average Bonchev–Trinajstić information content (AvgIpc) is 3.20. The molecule has 0 spiro atoms. The largest absolute Gasteiger partial charge is 0.507 e. The summed E-state index contributed by atoms with van der Waals surface area (Å²) >= 11 is 3.97. The van der Waals surface area contributed by atoms with Crippen LogP contribution in [0.25, 0.3) is 0 Å². The van der Waals surface area contributed by atoms with Crippen LogP contribution in [0.4, 0.5) is 0 Å². The maximum Gasteiger partial charge on any atom is 0.126 e. The first-order chi connectivity index (χ1) is 31.0. The van der Waals surface area contributed by atoms with Crippen LogP contribution < -0.4 is 9.47 Å². The molecule has 1 aliphatic carbocycles. The lowest BCUT2D eigenvalue weighted by Crippen LogP contribution is -2.38. The normalized spacial score (nSPS) is 19.9. The maximum atomic E-state index is 12.7. The molecule has 0 radical (unpaired) electrons. The van der Waals surface area contributed by atoms with Crippen LogP contribution in [0, 0.1) is 0 Å². The molecule has 12 bridgehead atoms. The average molecular weight is 935 g/mol. The molecule has 6 aliphatic rings. The van der Waals surface area contributed by atoms with Crippen molar-refractivity contribution in [2.45, 2.75) is 143 Å². The lowest BCUT2D eigenvalue weighted by molar-refractivity contribution is 0.194. The Bertz CT molecular complexity index is 2060. The van der Waals surface area contributed by atoms with Gasteiger partial charge in [-0.25, -0.2) is 0 Å². The minimum atomic E-state index is -0.154. The van der Waals surface area contributed by atoms with E-state index < -0.39 is 0 Å². The first-order valence-electron chi connectivity index (χ1n) is 24.9. The Morgan fingerprint density at radius 2 is 0.636 bits per heavy atom. The quantitative estimate of drug-likeness (QED) is 0.159. The molecule has 10 rings (SSSR count). The fourth-order valence-corrected chi connectivity index (χ4v) is 11.3. The van der Waals surface area contributed by atoms with Gasteiger partial charge in [-0.05, 0) is 127 Å². The van der Waals surface area contributed by atoms with Gasteiger partial charge in [-0.2, -0.15) is 23.5 Å². The van der Waals surface area contributed by atoms with Gasteiger partial charge in [0.2, 0.25) is 0 Å². The monoisotopic (exact) mass is 935 g/mol. The smallest absolute Gasteiger partial charge is 0.126 e. The van der Waals surface area contributed by atoms with E-state index in [1.165, 1.54) is 35.1 Å². The molecule has 5 heterocycles. The number of hydrogen-bond donors (Lipinski definition) is 2. The number of hydrogen-bond acceptors (Lipinski definition) is 8. The van der Waals surface area contributed by atoms with Crippen LogP contribution in [-0.2, 0) is 47.3 Å². The summed E-state index contributed by atoms with van der Waals surface area (Å²) in [7, 11) is 0. The first kappa shape index (κ1) is 50.6. The van der Waals surface area contributed by atoms with Crippen LogP contribution in [-0.4, -0.2) is 95.5 Å². The third kappa shape index (κ3) is 12.7. The van der Waals surface area contributed by atoms with Crippen molar-refractivity contribution in [1.29, 1.82) is 0 Å². The van der Waals surface area contributed by atoms with E-state index in [4.69, 9.17) is 9.47 Å². The van der Waals surface area contributed by atoms with Gasteiger partial charge in [0.15, 0.2) is 0 Å². The third-order valence-electron chi connectivity index (χ3n) is 14.0. The van der Waals surface area contributed by atoms with Gasteiger partial charge in [0.25, 0.3) is 0 Å². The SMILES string of the molecule is CC(C)(C)c1cc2c(O)c(c1)Cc1cc(C(C)(C)C)cc3c1OCCSCCN1CCCN(CCC1)CCSCCOc1c(cc(C(C)(C)C)cc1Cc1cc(C(C)(C)C)cc(c1O)C3)C2. The second kappa shape index (κ2) is 20.7. The van der Waals surface area contributed by atoms with Gasteiger partial charge in [0.1, 0.15) is 23.0 Å². The van der Waals surface area contributed by atoms with E-state index >= 15 is 0 Å². The van der Waals surface area contributed by atoms with Gasteiger partial charge < -0.3 is 29.5 Å². The van der Waals surface area contributed by atoms with E-state index in [1.807, 2.05) is 23.5 Å². The molecule has 2 N–H and O–H groups in total. The van der Waals surface area contributed by atoms with Crippen molar-refractivity contribution in [2.75, 3.05) is 75.5 Å². The molecule has 4 aromatic rings. The van der Waals surface area contributed by atoms with Crippen molar-refractivity contribution in [3.63, 3.8) is 0 Å². The molecule has 1 saturated heterocycles. The molecule has 0 amide bonds. The molecular formula is C58H82N2O4S2. The second-order valence-electron chi connectivity index (χ2n) is 23.6.